The normalized spacial score (nSPS) is 11.5. The van der Waals surface area contributed by atoms with E-state index in [1.807, 2.05) is 0 Å². The lowest BCUT2D eigenvalue weighted by Gasteiger charge is -2.13. The monoisotopic (exact) mass is 365 g/mol. The van der Waals surface area contributed by atoms with Gasteiger partial charge in [-0.1, -0.05) is 41.9 Å². The van der Waals surface area contributed by atoms with Crippen LogP contribution in [-0.2, 0) is 6.18 Å². The van der Waals surface area contributed by atoms with E-state index in [4.69, 9.17) is 11.6 Å². The van der Waals surface area contributed by atoms with Gasteiger partial charge in [0.2, 0.25) is 0 Å². The number of nitrogens with one attached hydrogen (secondary N) is 1. The molecule has 0 bridgehead atoms. The lowest BCUT2D eigenvalue weighted by Crippen LogP contribution is -2.13. The summed E-state index contributed by atoms with van der Waals surface area (Å²) < 4.78 is 38.0. The first kappa shape index (κ1) is 17.1. The van der Waals surface area contributed by atoms with Crippen molar-refractivity contribution in [1.29, 1.82) is 0 Å². The van der Waals surface area contributed by atoms with E-state index in [0.29, 0.717) is 5.39 Å². The number of phenolic OH excluding ortho intramolecular Hbond substituents is 1. The maximum Gasteiger partial charge on any atom is 0.416 e. The zero-order valence-corrected chi connectivity index (χ0v) is 13.3. The third-order valence-corrected chi connectivity index (χ3v) is 3.99. The summed E-state index contributed by atoms with van der Waals surface area (Å²) >= 11 is 5.85. The molecule has 0 fully saturated rings. The van der Waals surface area contributed by atoms with Crippen molar-refractivity contribution >= 4 is 34.0 Å². The molecular weight excluding hydrogens is 355 g/mol. The molecule has 3 aromatic rings. The highest BCUT2D eigenvalue weighted by Crippen LogP contribution is 2.34. The molecule has 7 heteroatoms. The Hall–Kier alpha value is -2.73. The van der Waals surface area contributed by atoms with Crippen LogP contribution in [-0.4, -0.2) is 11.0 Å². The van der Waals surface area contributed by atoms with Crippen LogP contribution in [0.5, 0.6) is 5.75 Å². The van der Waals surface area contributed by atoms with Gasteiger partial charge < -0.3 is 10.4 Å². The average Bonchev–Trinajstić information content (AvgIpc) is 2.55. The van der Waals surface area contributed by atoms with Gasteiger partial charge in [0.25, 0.3) is 5.91 Å². The van der Waals surface area contributed by atoms with Crippen LogP contribution in [0.15, 0.2) is 54.6 Å². The number of carbonyl (C=O) groups is 1. The van der Waals surface area contributed by atoms with Crippen molar-refractivity contribution < 1.29 is 23.1 Å². The van der Waals surface area contributed by atoms with Crippen molar-refractivity contribution in [3.8, 4) is 5.75 Å². The summed E-state index contributed by atoms with van der Waals surface area (Å²) in [6.45, 7) is 0. The van der Waals surface area contributed by atoms with Crippen molar-refractivity contribution in [2.24, 2.45) is 0 Å². The topological polar surface area (TPSA) is 49.3 Å². The summed E-state index contributed by atoms with van der Waals surface area (Å²) in [5.74, 6) is -0.907. The van der Waals surface area contributed by atoms with Gasteiger partial charge in [-0.3, -0.25) is 4.79 Å². The van der Waals surface area contributed by atoms with Crippen LogP contribution in [0.3, 0.4) is 0 Å². The number of anilines is 1. The molecule has 0 aliphatic heterocycles. The molecule has 128 valence electrons. The number of benzene rings is 3. The second-order valence-corrected chi connectivity index (χ2v) is 5.73. The molecule has 0 aromatic heterocycles. The van der Waals surface area contributed by atoms with Gasteiger partial charge in [0, 0.05) is 0 Å². The van der Waals surface area contributed by atoms with E-state index < -0.39 is 17.6 Å². The molecular formula is C18H11ClF3NO2. The van der Waals surface area contributed by atoms with E-state index in [9.17, 15) is 23.1 Å². The van der Waals surface area contributed by atoms with Gasteiger partial charge in [-0.05, 0) is 35.0 Å². The van der Waals surface area contributed by atoms with Crippen LogP contribution in [0.25, 0.3) is 10.8 Å². The van der Waals surface area contributed by atoms with E-state index in [-0.39, 0.29) is 22.0 Å². The van der Waals surface area contributed by atoms with Crippen LogP contribution >= 0.6 is 11.6 Å². The van der Waals surface area contributed by atoms with Gasteiger partial charge in [-0.15, -0.1) is 0 Å². The molecule has 3 nitrogen and oxygen atoms in total. The summed E-state index contributed by atoms with van der Waals surface area (Å²) in [6.07, 6.45) is -4.53. The molecule has 3 rings (SSSR count). The van der Waals surface area contributed by atoms with Crippen LogP contribution in [0.2, 0.25) is 5.02 Å². The molecule has 0 unspecified atom stereocenters. The number of hydrogen-bond donors (Lipinski definition) is 2. The maximum absolute atomic E-state index is 12.7. The first-order valence-corrected chi connectivity index (χ1v) is 7.54. The number of halogens is 4. The fourth-order valence-corrected chi connectivity index (χ4v) is 2.70. The molecule has 0 atom stereocenters. The van der Waals surface area contributed by atoms with Crippen molar-refractivity contribution in [3.63, 3.8) is 0 Å². The van der Waals surface area contributed by atoms with Crippen molar-refractivity contribution in [2.45, 2.75) is 6.18 Å². The molecule has 0 aliphatic rings. The predicted octanol–water partition coefficient (Wildman–Crippen LogP) is 5.47. The smallest absolute Gasteiger partial charge is 0.416 e. The fourth-order valence-electron chi connectivity index (χ4n) is 2.48. The summed E-state index contributed by atoms with van der Waals surface area (Å²) in [5.41, 5.74) is -0.871. The van der Waals surface area contributed by atoms with Crippen molar-refractivity contribution in [3.05, 3.63) is 70.7 Å². The minimum Gasteiger partial charge on any atom is -0.507 e. The Bertz CT molecular complexity index is 970. The van der Waals surface area contributed by atoms with Gasteiger partial charge in [-0.25, -0.2) is 0 Å². The Kier molecular flexibility index (Phi) is 4.30. The predicted molar refractivity (Wildman–Crippen MR) is 90.0 cm³/mol. The number of rotatable bonds is 2. The minimum absolute atomic E-state index is 0.0204. The molecule has 1 amide bonds. The summed E-state index contributed by atoms with van der Waals surface area (Å²) in [6, 6.07) is 12.6. The Labute approximate surface area is 145 Å². The summed E-state index contributed by atoms with van der Waals surface area (Å²) in [4.78, 5) is 12.5. The molecule has 0 aliphatic carbocycles. The zero-order valence-electron chi connectivity index (χ0n) is 12.6. The Morgan fingerprint density at radius 1 is 1.04 bits per heavy atom. The number of amides is 1. The highest BCUT2D eigenvalue weighted by Gasteiger charge is 2.31. The van der Waals surface area contributed by atoms with Crippen LogP contribution < -0.4 is 5.32 Å². The maximum atomic E-state index is 12.7. The number of phenols is 1. The number of fused-ring (bicyclic) bond motifs is 1. The van der Waals surface area contributed by atoms with Crippen molar-refractivity contribution in [1.82, 2.24) is 0 Å². The van der Waals surface area contributed by atoms with Gasteiger partial charge >= 0.3 is 6.18 Å². The molecule has 25 heavy (non-hydrogen) atoms. The van der Waals surface area contributed by atoms with Gasteiger partial charge in [-0.2, -0.15) is 13.2 Å². The SMILES string of the molecule is O=C(Nc1ccc(C(F)(F)F)cc1Cl)c1c(O)ccc2ccccc12. The quantitative estimate of drug-likeness (QED) is 0.632. The molecule has 0 heterocycles. The van der Waals surface area contributed by atoms with Crippen molar-refractivity contribution in [2.75, 3.05) is 5.32 Å². The number of hydrogen-bond acceptors (Lipinski definition) is 2. The molecule has 2 N–H and O–H groups in total. The van der Waals surface area contributed by atoms with Gasteiger partial charge in [0.15, 0.2) is 0 Å². The number of aromatic hydroxyl groups is 1. The second-order valence-electron chi connectivity index (χ2n) is 5.33. The first-order valence-electron chi connectivity index (χ1n) is 7.16. The highest BCUT2D eigenvalue weighted by atomic mass is 35.5. The Balaban J connectivity index is 1.97. The fraction of sp³-hybridized carbons (Fsp3) is 0.0556. The third kappa shape index (κ3) is 3.39. The van der Waals surface area contributed by atoms with E-state index in [2.05, 4.69) is 5.32 Å². The van der Waals surface area contributed by atoms with E-state index in [1.54, 1.807) is 30.3 Å². The van der Waals surface area contributed by atoms with Crippen LogP contribution in [0.4, 0.5) is 18.9 Å². The van der Waals surface area contributed by atoms with Crippen LogP contribution in [0.1, 0.15) is 15.9 Å². The second kappa shape index (κ2) is 6.29. The molecule has 0 spiro atoms. The van der Waals surface area contributed by atoms with E-state index >= 15 is 0 Å². The number of alkyl halides is 3. The third-order valence-electron chi connectivity index (χ3n) is 3.68. The highest BCUT2D eigenvalue weighted by molar-refractivity contribution is 6.34. The molecule has 3 aromatic carbocycles. The lowest BCUT2D eigenvalue weighted by molar-refractivity contribution is -0.137. The summed E-state index contributed by atoms with van der Waals surface area (Å²) in [7, 11) is 0. The number of carbonyl (C=O) groups excluding carboxylic acids is 1. The first-order chi connectivity index (χ1) is 11.8. The Morgan fingerprint density at radius 3 is 2.44 bits per heavy atom. The lowest BCUT2D eigenvalue weighted by atomic mass is 10.0. The molecule has 0 radical (unpaired) electrons. The van der Waals surface area contributed by atoms with Crippen LogP contribution in [0, 0.1) is 0 Å². The van der Waals surface area contributed by atoms with Gasteiger partial charge in [0.1, 0.15) is 5.75 Å². The summed E-state index contributed by atoms with van der Waals surface area (Å²) in [5, 5.41) is 13.5. The van der Waals surface area contributed by atoms with E-state index in [1.165, 1.54) is 6.07 Å². The van der Waals surface area contributed by atoms with E-state index in [0.717, 1.165) is 23.6 Å². The average molecular weight is 366 g/mol. The largest absolute Gasteiger partial charge is 0.507 e. The minimum atomic E-state index is -4.53. The Morgan fingerprint density at radius 2 is 1.76 bits per heavy atom. The standard InChI is InChI=1S/C18H11ClF3NO2/c19-13-9-11(18(20,21)22)6-7-14(13)23-17(25)16-12-4-2-1-3-10(12)5-8-15(16)24/h1-9,24H,(H,23,25). The van der Waals surface area contributed by atoms with Gasteiger partial charge in [0.05, 0.1) is 21.8 Å². The zero-order chi connectivity index (χ0) is 18.2. The molecule has 0 saturated heterocycles. The molecule has 0 saturated carbocycles.